The summed E-state index contributed by atoms with van der Waals surface area (Å²) < 4.78 is 0. The van der Waals surface area contributed by atoms with Gasteiger partial charge in [0, 0.05) is 12.6 Å². The van der Waals surface area contributed by atoms with Crippen LogP contribution in [-0.4, -0.2) is 27.3 Å². The molecule has 0 aromatic carbocycles. The van der Waals surface area contributed by atoms with Gasteiger partial charge in [-0.15, -0.1) is 12.4 Å². The lowest BCUT2D eigenvalue weighted by molar-refractivity contribution is -0.0467. The van der Waals surface area contributed by atoms with Crippen molar-refractivity contribution in [2.75, 3.05) is 6.54 Å². The Morgan fingerprint density at radius 3 is 2.69 bits per heavy atom. The average Bonchev–Trinajstić information content (AvgIpc) is 2.17. The lowest BCUT2D eigenvalue weighted by atomic mass is 10.1. The molecule has 0 spiro atoms. The minimum Gasteiger partial charge on any atom is -0.361 e. The van der Waals surface area contributed by atoms with Gasteiger partial charge in [0.05, 0.1) is 12.1 Å². The number of allylic oxidation sites excluding steroid dienone is 3. The highest BCUT2D eigenvalue weighted by Crippen LogP contribution is 2.09. The van der Waals surface area contributed by atoms with Gasteiger partial charge in [-0.3, -0.25) is 10.3 Å². The molecule has 1 aliphatic carbocycles. The molecular weight excluding hydrogens is 190 g/mol. The van der Waals surface area contributed by atoms with E-state index in [9.17, 15) is 5.21 Å². The van der Waals surface area contributed by atoms with Gasteiger partial charge >= 0.3 is 0 Å². The SMILES string of the molecule is CCN(O)C1=CCC(=[N+]=[N-])C=C1.Cl. The van der Waals surface area contributed by atoms with Gasteiger partial charge < -0.3 is 5.53 Å². The Balaban J connectivity index is 0.00000144. The second-order valence-corrected chi connectivity index (χ2v) is 2.47. The minimum atomic E-state index is 0. The van der Waals surface area contributed by atoms with E-state index in [0.717, 1.165) is 10.8 Å². The van der Waals surface area contributed by atoms with Crippen LogP contribution in [-0.2, 0) is 0 Å². The quantitative estimate of drug-likeness (QED) is 0.420. The fraction of sp³-hybridized carbons (Fsp3) is 0.375. The van der Waals surface area contributed by atoms with E-state index >= 15 is 0 Å². The Morgan fingerprint density at radius 1 is 1.62 bits per heavy atom. The standard InChI is InChI=1S/C8H11N3O.ClH/c1-2-11(12)8-5-3-7(10-9)4-6-8;/h3,5-6,12H,2,4H2,1H3;1H. The van der Waals surface area contributed by atoms with Crippen molar-refractivity contribution >= 4 is 18.1 Å². The van der Waals surface area contributed by atoms with E-state index in [-0.39, 0.29) is 12.4 Å². The van der Waals surface area contributed by atoms with Crippen molar-refractivity contribution in [3.05, 3.63) is 29.5 Å². The van der Waals surface area contributed by atoms with Gasteiger partial charge in [0.15, 0.2) is 0 Å². The summed E-state index contributed by atoms with van der Waals surface area (Å²) in [6.07, 6.45) is 5.74. The van der Waals surface area contributed by atoms with Crippen LogP contribution >= 0.6 is 12.4 Å². The fourth-order valence-electron chi connectivity index (χ4n) is 0.975. The van der Waals surface area contributed by atoms with E-state index in [0.29, 0.717) is 18.7 Å². The summed E-state index contributed by atoms with van der Waals surface area (Å²) in [5.74, 6) is 0. The highest BCUT2D eigenvalue weighted by molar-refractivity contribution is 5.92. The van der Waals surface area contributed by atoms with E-state index in [1.54, 1.807) is 18.2 Å². The molecule has 0 aliphatic heterocycles. The van der Waals surface area contributed by atoms with Gasteiger partial charge in [-0.25, -0.2) is 0 Å². The Hall–Kier alpha value is -1.09. The Bertz CT molecular complexity index is 279. The summed E-state index contributed by atoms with van der Waals surface area (Å²) in [6.45, 7) is 2.39. The molecule has 0 amide bonds. The first kappa shape index (κ1) is 11.9. The summed E-state index contributed by atoms with van der Waals surface area (Å²) in [4.78, 5) is 3.05. The van der Waals surface area contributed by atoms with Crippen LogP contribution in [0.15, 0.2) is 23.9 Å². The largest absolute Gasteiger partial charge is 0.361 e. The van der Waals surface area contributed by atoms with Crippen LogP contribution in [0.1, 0.15) is 13.3 Å². The second kappa shape index (κ2) is 5.54. The molecule has 0 unspecified atom stereocenters. The number of halogens is 1. The lowest BCUT2D eigenvalue weighted by Crippen LogP contribution is -2.18. The van der Waals surface area contributed by atoms with Crippen LogP contribution < -0.4 is 0 Å². The zero-order valence-electron chi connectivity index (χ0n) is 7.34. The molecule has 0 saturated carbocycles. The van der Waals surface area contributed by atoms with Gasteiger partial charge in [0.1, 0.15) is 0 Å². The van der Waals surface area contributed by atoms with Gasteiger partial charge in [-0.1, -0.05) is 0 Å². The zero-order valence-corrected chi connectivity index (χ0v) is 8.16. The smallest absolute Gasteiger partial charge is 0.295 e. The maximum atomic E-state index is 9.25. The highest BCUT2D eigenvalue weighted by atomic mass is 35.5. The fourth-order valence-corrected chi connectivity index (χ4v) is 0.975. The summed E-state index contributed by atoms with van der Waals surface area (Å²) in [5, 5.41) is 10.4. The number of hydroxylamine groups is 2. The highest BCUT2D eigenvalue weighted by Gasteiger charge is 2.10. The first-order chi connectivity index (χ1) is 5.77. The summed E-state index contributed by atoms with van der Waals surface area (Å²) >= 11 is 0. The third-order valence-corrected chi connectivity index (χ3v) is 1.69. The number of hydrogen-bond donors (Lipinski definition) is 1. The Kier molecular flexibility index (Phi) is 5.07. The molecule has 0 fully saturated rings. The maximum absolute atomic E-state index is 9.25. The first-order valence-electron chi connectivity index (χ1n) is 3.83. The van der Waals surface area contributed by atoms with Crippen LogP contribution in [0.2, 0.25) is 0 Å². The van der Waals surface area contributed by atoms with Crippen molar-refractivity contribution in [2.24, 2.45) is 0 Å². The molecule has 0 aromatic rings. The van der Waals surface area contributed by atoms with Gasteiger partial charge in [-0.2, -0.15) is 4.79 Å². The predicted octanol–water partition coefficient (Wildman–Crippen LogP) is 1.63. The number of hydrogen-bond acceptors (Lipinski definition) is 2. The molecule has 0 aromatic heterocycles. The molecule has 1 rings (SSSR count). The number of nitrogens with zero attached hydrogens (tertiary/aromatic N) is 3. The molecule has 0 radical (unpaired) electrons. The maximum Gasteiger partial charge on any atom is 0.295 e. The van der Waals surface area contributed by atoms with Gasteiger partial charge in [0.25, 0.3) is 5.71 Å². The lowest BCUT2D eigenvalue weighted by Gasteiger charge is -2.16. The molecule has 72 valence electrons. The summed E-state index contributed by atoms with van der Waals surface area (Å²) in [5.41, 5.74) is 9.75. The number of likely N-dealkylation sites (N-methyl/N-ethyl adjacent to an activating group) is 1. The second-order valence-electron chi connectivity index (χ2n) is 2.47. The molecule has 0 atom stereocenters. The topological polar surface area (TPSA) is 59.9 Å². The van der Waals surface area contributed by atoms with Crippen molar-refractivity contribution in [2.45, 2.75) is 13.3 Å². The third kappa shape index (κ3) is 3.03. The predicted molar refractivity (Wildman–Crippen MR) is 51.9 cm³/mol. The van der Waals surface area contributed by atoms with Crippen molar-refractivity contribution in [3.8, 4) is 0 Å². The average molecular weight is 202 g/mol. The summed E-state index contributed by atoms with van der Waals surface area (Å²) in [7, 11) is 0. The summed E-state index contributed by atoms with van der Waals surface area (Å²) in [6, 6.07) is 0. The molecule has 4 nitrogen and oxygen atoms in total. The molecule has 1 aliphatic rings. The first-order valence-corrected chi connectivity index (χ1v) is 3.83. The van der Waals surface area contributed by atoms with E-state index in [2.05, 4.69) is 4.79 Å². The molecule has 0 saturated heterocycles. The molecule has 0 heterocycles. The van der Waals surface area contributed by atoms with Gasteiger partial charge in [0.2, 0.25) is 0 Å². The van der Waals surface area contributed by atoms with Crippen molar-refractivity contribution in [3.63, 3.8) is 0 Å². The van der Waals surface area contributed by atoms with Crippen molar-refractivity contribution < 1.29 is 10.00 Å². The van der Waals surface area contributed by atoms with Crippen molar-refractivity contribution in [1.29, 1.82) is 0 Å². The van der Waals surface area contributed by atoms with Crippen molar-refractivity contribution in [1.82, 2.24) is 5.06 Å². The zero-order chi connectivity index (χ0) is 8.97. The molecule has 5 heteroatoms. The van der Waals surface area contributed by atoms with E-state index in [1.165, 1.54) is 0 Å². The monoisotopic (exact) mass is 201 g/mol. The van der Waals surface area contributed by atoms with E-state index in [1.807, 2.05) is 6.92 Å². The third-order valence-electron chi connectivity index (χ3n) is 1.69. The van der Waals surface area contributed by atoms with E-state index < -0.39 is 0 Å². The Labute approximate surface area is 83.2 Å². The van der Waals surface area contributed by atoms with Crippen LogP contribution in [0.25, 0.3) is 5.53 Å². The normalized spacial score (nSPS) is 14.3. The molecule has 13 heavy (non-hydrogen) atoms. The van der Waals surface area contributed by atoms with Crippen LogP contribution in [0, 0.1) is 0 Å². The van der Waals surface area contributed by atoms with Gasteiger partial charge in [-0.05, 0) is 19.1 Å². The van der Waals surface area contributed by atoms with Crippen LogP contribution in [0.4, 0.5) is 0 Å². The van der Waals surface area contributed by atoms with E-state index in [4.69, 9.17) is 5.53 Å². The molecule has 0 bridgehead atoms. The Morgan fingerprint density at radius 2 is 2.31 bits per heavy atom. The van der Waals surface area contributed by atoms with Crippen LogP contribution in [0.3, 0.4) is 0 Å². The van der Waals surface area contributed by atoms with Crippen LogP contribution in [0.5, 0.6) is 0 Å². The number of rotatable bonds is 2. The molecular formula is C8H12ClN3O. The molecule has 1 N–H and O–H groups in total. The minimum absolute atomic E-state index is 0.